The number of hydrogen-bond acceptors (Lipinski definition) is 4. The van der Waals surface area contributed by atoms with Gasteiger partial charge in [-0.1, -0.05) is 51.5 Å². The Kier molecular flexibility index (Phi) is 9.25. The Hall–Kier alpha value is -2.86. The Morgan fingerprint density at radius 3 is 2.62 bits per heavy atom. The molecule has 6 nitrogen and oxygen atoms in total. The first-order valence-corrected chi connectivity index (χ1v) is 13.9. The third-order valence-electron chi connectivity index (χ3n) is 7.97. The van der Waals surface area contributed by atoms with Crippen LogP contribution in [-0.4, -0.2) is 59.6 Å². The maximum absolute atomic E-state index is 13.4. The van der Waals surface area contributed by atoms with E-state index in [-0.39, 0.29) is 17.5 Å². The Bertz CT molecular complexity index is 1150. The van der Waals surface area contributed by atoms with Crippen LogP contribution in [0.25, 0.3) is 5.57 Å². The topological polar surface area (TPSA) is 54.8 Å². The molecule has 1 saturated heterocycles. The van der Waals surface area contributed by atoms with Crippen LogP contribution in [0, 0.1) is 12.3 Å². The fourth-order valence-corrected chi connectivity index (χ4v) is 5.76. The minimum absolute atomic E-state index is 0.0209. The van der Waals surface area contributed by atoms with Gasteiger partial charge in [0.1, 0.15) is 5.75 Å². The van der Waals surface area contributed by atoms with E-state index in [2.05, 4.69) is 56.4 Å². The summed E-state index contributed by atoms with van der Waals surface area (Å²) in [6, 6.07) is 12.1. The van der Waals surface area contributed by atoms with E-state index in [1.807, 2.05) is 17.2 Å². The lowest BCUT2D eigenvalue weighted by molar-refractivity contribution is -0.132. The van der Waals surface area contributed by atoms with Crippen molar-refractivity contribution in [1.82, 2.24) is 14.4 Å². The van der Waals surface area contributed by atoms with Gasteiger partial charge >= 0.3 is 0 Å². The number of carbonyl (C=O) groups excluding carboxylic acids is 1. The molecule has 2 heterocycles. The van der Waals surface area contributed by atoms with Crippen LogP contribution in [0.5, 0.6) is 5.75 Å². The highest BCUT2D eigenvalue weighted by molar-refractivity contribution is 5.89. The van der Waals surface area contributed by atoms with E-state index in [0.29, 0.717) is 24.9 Å². The number of carbonyl (C=O) groups is 1. The molecule has 2 aromatic rings. The summed E-state index contributed by atoms with van der Waals surface area (Å²) in [5.41, 5.74) is 3.63. The highest BCUT2D eigenvalue weighted by Crippen LogP contribution is 2.42. The summed E-state index contributed by atoms with van der Waals surface area (Å²) in [6.07, 6.45) is 9.97. The summed E-state index contributed by atoms with van der Waals surface area (Å²) < 4.78 is 7.52. The number of rotatable bonds is 13. The van der Waals surface area contributed by atoms with Crippen molar-refractivity contribution in [3.8, 4) is 5.75 Å². The number of pyridine rings is 1. The second-order valence-electron chi connectivity index (χ2n) is 10.5. The van der Waals surface area contributed by atoms with Crippen LogP contribution in [-0.2, 0) is 11.3 Å². The second kappa shape index (κ2) is 12.6. The number of hydrogen-bond donors (Lipinski definition) is 0. The van der Waals surface area contributed by atoms with Crippen molar-refractivity contribution in [2.24, 2.45) is 5.92 Å². The number of aromatic nitrogens is 1. The van der Waals surface area contributed by atoms with Gasteiger partial charge in [-0.2, -0.15) is 0 Å². The molecule has 4 rings (SSSR count). The van der Waals surface area contributed by atoms with E-state index in [9.17, 15) is 9.59 Å². The zero-order chi connectivity index (χ0) is 26.4. The highest BCUT2D eigenvalue weighted by atomic mass is 16.5. The van der Waals surface area contributed by atoms with Gasteiger partial charge in [-0.3, -0.25) is 14.5 Å². The number of allylic oxidation sites excluding steroid dienone is 2. The van der Waals surface area contributed by atoms with Crippen LogP contribution in [0.1, 0.15) is 63.5 Å². The quantitative estimate of drug-likeness (QED) is 0.386. The first-order chi connectivity index (χ1) is 18.0. The van der Waals surface area contributed by atoms with Crippen LogP contribution in [0.4, 0.5) is 0 Å². The van der Waals surface area contributed by atoms with Crippen molar-refractivity contribution in [2.75, 3.05) is 33.3 Å². The third-order valence-corrected chi connectivity index (χ3v) is 7.97. The van der Waals surface area contributed by atoms with Crippen molar-refractivity contribution in [2.45, 2.75) is 65.0 Å². The van der Waals surface area contributed by atoms with Crippen LogP contribution in [0.2, 0.25) is 0 Å². The monoisotopic (exact) mass is 504 g/mol. The summed E-state index contributed by atoms with van der Waals surface area (Å²) in [4.78, 5) is 30.2. The number of methoxy groups -OCH3 is 1. The number of nitrogens with zero attached hydrogens (tertiary/aromatic N) is 3. The molecule has 6 heteroatoms. The first kappa shape index (κ1) is 27.2. The van der Waals surface area contributed by atoms with Crippen LogP contribution < -0.4 is 10.3 Å². The van der Waals surface area contributed by atoms with Gasteiger partial charge in [-0.25, -0.2) is 0 Å². The van der Waals surface area contributed by atoms with Crippen molar-refractivity contribution in [3.05, 3.63) is 76.6 Å². The van der Waals surface area contributed by atoms with Crippen molar-refractivity contribution >= 4 is 11.5 Å². The molecule has 1 aromatic carbocycles. The van der Waals surface area contributed by atoms with Gasteiger partial charge in [0.15, 0.2) is 0 Å². The van der Waals surface area contributed by atoms with Gasteiger partial charge in [-0.05, 0) is 48.4 Å². The Labute approximate surface area is 221 Å². The van der Waals surface area contributed by atoms with Crippen molar-refractivity contribution in [1.29, 1.82) is 0 Å². The van der Waals surface area contributed by atoms with Gasteiger partial charge in [0, 0.05) is 62.4 Å². The summed E-state index contributed by atoms with van der Waals surface area (Å²) in [5, 5.41) is 0. The summed E-state index contributed by atoms with van der Waals surface area (Å²) in [7, 11) is 1.73. The molecule has 0 saturated carbocycles. The minimum atomic E-state index is 0.0209. The van der Waals surface area contributed by atoms with Gasteiger partial charge < -0.3 is 14.2 Å². The maximum atomic E-state index is 13.4. The van der Waals surface area contributed by atoms with Gasteiger partial charge in [0.25, 0.3) is 0 Å². The molecule has 1 aliphatic heterocycles. The maximum Gasteiger partial charge on any atom is 0.250 e. The average Bonchev–Trinajstić information content (AvgIpc) is 3.70. The Balaban J connectivity index is 1.56. The second-order valence-corrected chi connectivity index (χ2v) is 10.5. The predicted octanol–water partition coefficient (Wildman–Crippen LogP) is 4.99. The first-order valence-electron chi connectivity index (χ1n) is 13.9. The van der Waals surface area contributed by atoms with E-state index < -0.39 is 0 Å². The number of aryl methyl sites for hydroxylation is 1. The smallest absolute Gasteiger partial charge is 0.250 e. The number of unbranched alkanes of at least 4 members (excludes halogenated alkanes) is 1. The molecule has 3 atom stereocenters. The number of amides is 1. The van der Waals surface area contributed by atoms with E-state index in [0.717, 1.165) is 56.6 Å². The van der Waals surface area contributed by atoms with Gasteiger partial charge in [0.05, 0.1) is 13.7 Å². The fourth-order valence-electron chi connectivity index (χ4n) is 5.76. The van der Waals surface area contributed by atoms with E-state index in [1.54, 1.807) is 23.8 Å². The lowest BCUT2D eigenvalue weighted by Gasteiger charge is -2.30. The number of ether oxygens (including phenoxy) is 1. The van der Waals surface area contributed by atoms with Crippen LogP contribution in [0.15, 0.2) is 53.5 Å². The SMILES string of the molecule is CCCCN(CCC)C(=O)CN1C[C@H](c2ccc(C3=C[CH]3)c(OC)c2)[C@@H](C)[C@@H]1CCn1ccccc1=O. The molecule has 1 aliphatic carbocycles. The van der Waals surface area contributed by atoms with Gasteiger partial charge in [0.2, 0.25) is 11.5 Å². The highest BCUT2D eigenvalue weighted by Gasteiger charge is 2.40. The summed E-state index contributed by atoms with van der Waals surface area (Å²) in [6.45, 7) is 10.1. The third kappa shape index (κ3) is 6.53. The molecule has 0 unspecified atom stereocenters. The van der Waals surface area contributed by atoms with Crippen molar-refractivity contribution in [3.63, 3.8) is 0 Å². The van der Waals surface area contributed by atoms with Crippen LogP contribution in [0.3, 0.4) is 0 Å². The van der Waals surface area contributed by atoms with Crippen LogP contribution >= 0.6 is 0 Å². The zero-order valence-electron chi connectivity index (χ0n) is 22.9. The Morgan fingerprint density at radius 1 is 1.14 bits per heavy atom. The molecule has 1 aromatic heterocycles. The zero-order valence-corrected chi connectivity index (χ0v) is 22.9. The largest absolute Gasteiger partial charge is 0.496 e. The molecule has 1 fully saturated rings. The molecule has 0 spiro atoms. The molecular formula is C31H42N3O3. The standard InChI is InChI=1S/C31H42N3O3/c1-5-7-17-32(16-6-2)31(36)22-34-21-27(25-13-14-26(24-11-12-24)29(20-25)37-4)23(3)28(34)15-19-33-18-9-8-10-30(33)35/h8-14,18,20,23,27-28H,5-7,15-17,19,21-22H2,1-4H3/t23-,27+,28+/m1/s1. The number of benzene rings is 1. The molecule has 199 valence electrons. The normalized spacial score (nSPS) is 21.1. The number of likely N-dealkylation sites (tertiary alicyclic amines) is 1. The molecule has 37 heavy (non-hydrogen) atoms. The predicted molar refractivity (Wildman–Crippen MR) is 150 cm³/mol. The molecule has 2 aliphatic rings. The summed E-state index contributed by atoms with van der Waals surface area (Å²) in [5.74, 6) is 1.75. The molecule has 1 amide bonds. The average molecular weight is 505 g/mol. The molecule has 1 radical (unpaired) electrons. The van der Waals surface area contributed by atoms with E-state index in [1.165, 1.54) is 11.1 Å². The van der Waals surface area contributed by atoms with Crippen molar-refractivity contribution < 1.29 is 9.53 Å². The molecule has 0 bridgehead atoms. The Morgan fingerprint density at radius 2 is 1.95 bits per heavy atom. The van der Waals surface area contributed by atoms with Gasteiger partial charge in [-0.15, -0.1) is 0 Å². The van der Waals surface area contributed by atoms with E-state index in [4.69, 9.17) is 4.74 Å². The molecule has 0 N–H and O–H groups in total. The lowest BCUT2D eigenvalue weighted by Crippen LogP contribution is -2.44. The minimum Gasteiger partial charge on any atom is -0.496 e. The van der Waals surface area contributed by atoms with E-state index >= 15 is 0 Å². The fraction of sp³-hybridized carbons (Fsp3) is 0.516. The summed E-state index contributed by atoms with van der Waals surface area (Å²) >= 11 is 0. The molecular weight excluding hydrogens is 462 g/mol. The lowest BCUT2D eigenvalue weighted by atomic mass is 9.85.